The number of pyridine rings is 1. The lowest BCUT2D eigenvalue weighted by Gasteiger charge is -2.05. The van der Waals surface area contributed by atoms with Crippen molar-refractivity contribution in [2.45, 2.75) is 18.1 Å². The van der Waals surface area contributed by atoms with E-state index in [-0.39, 0.29) is 0 Å². The number of halogens is 1. The van der Waals surface area contributed by atoms with Gasteiger partial charge in [-0.25, -0.2) is 0 Å². The highest BCUT2D eigenvalue weighted by atomic mass is 35.5. The van der Waals surface area contributed by atoms with E-state index >= 15 is 0 Å². The zero-order chi connectivity index (χ0) is 12.8. The summed E-state index contributed by atoms with van der Waals surface area (Å²) < 4.78 is 0. The molecule has 0 aliphatic carbocycles. The van der Waals surface area contributed by atoms with Crippen LogP contribution in [-0.4, -0.2) is 4.98 Å². The van der Waals surface area contributed by atoms with Crippen LogP contribution >= 0.6 is 23.4 Å². The minimum absolute atomic E-state index is 0.489. The number of rotatable bonds is 5. The topological polar surface area (TPSA) is 38.9 Å². The highest BCUT2D eigenvalue weighted by Gasteiger charge is 2.00. The predicted octanol–water partition coefficient (Wildman–Crippen LogP) is 3.63. The van der Waals surface area contributed by atoms with E-state index in [0.717, 1.165) is 22.2 Å². The lowest BCUT2D eigenvalue weighted by atomic mass is 10.2. The lowest BCUT2D eigenvalue weighted by Crippen LogP contribution is -1.99. The third-order valence-electron chi connectivity index (χ3n) is 2.57. The maximum atomic E-state index is 6.11. The van der Waals surface area contributed by atoms with Gasteiger partial charge in [0, 0.05) is 29.3 Å². The molecule has 2 nitrogen and oxygen atoms in total. The van der Waals surface area contributed by atoms with Crippen molar-refractivity contribution in [3.05, 3.63) is 64.4 Å². The molecule has 0 amide bonds. The first-order chi connectivity index (χ1) is 8.79. The molecule has 0 aliphatic rings. The quantitative estimate of drug-likeness (QED) is 0.908. The molecule has 0 atom stereocenters. The van der Waals surface area contributed by atoms with Gasteiger partial charge in [0.25, 0.3) is 0 Å². The molecule has 0 fully saturated rings. The molecule has 1 aromatic carbocycles. The summed E-state index contributed by atoms with van der Waals surface area (Å²) in [6, 6.07) is 12.0. The van der Waals surface area contributed by atoms with Crippen LogP contribution in [0.15, 0.2) is 42.6 Å². The van der Waals surface area contributed by atoms with Gasteiger partial charge in [0.1, 0.15) is 0 Å². The number of benzene rings is 1. The Morgan fingerprint density at radius 3 is 2.78 bits per heavy atom. The van der Waals surface area contributed by atoms with Crippen molar-refractivity contribution in [1.29, 1.82) is 0 Å². The third-order valence-corrected chi connectivity index (χ3v) is 4.00. The average Bonchev–Trinajstić information content (AvgIpc) is 2.41. The zero-order valence-corrected chi connectivity index (χ0v) is 11.5. The molecule has 0 aliphatic heterocycles. The monoisotopic (exact) mass is 278 g/mol. The Morgan fingerprint density at radius 2 is 2.00 bits per heavy atom. The van der Waals surface area contributed by atoms with Gasteiger partial charge in [0.2, 0.25) is 0 Å². The van der Waals surface area contributed by atoms with Crippen molar-refractivity contribution in [2.24, 2.45) is 5.73 Å². The van der Waals surface area contributed by atoms with E-state index in [1.54, 1.807) is 0 Å². The highest BCUT2D eigenvalue weighted by molar-refractivity contribution is 7.97. The van der Waals surface area contributed by atoms with Crippen LogP contribution in [0.2, 0.25) is 5.02 Å². The Morgan fingerprint density at radius 1 is 1.17 bits per heavy atom. The van der Waals surface area contributed by atoms with Gasteiger partial charge in [-0.2, -0.15) is 11.8 Å². The Bertz CT molecular complexity index is 517. The second-order valence-electron chi connectivity index (χ2n) is 3.94. The van der Waals surface area contributed by atoms with Crippen molar-refractivity contribution in [3.63, 3.8) is 0 Å². The standard InChI is InChI=1S/C14H15ClN2S/c15-14-4-2-1-3-12(14)10-18-9-11-5-6-17-13(7-11)8-16/h1-7H,8-10,16H2. The minimum Gasteiger partial charge on any atom is -0.325 e. The first kappa shape index (κ1) is 13.4. The molecule has 0 saturated heterocycles. The van der Waals surface area contributed by atoms with Crippen molar-refractivity contribution >= 4 is 23.4 Å². The van der Waals surface area contributed by atoms with Crippen LogP contribution in [0.5, 0.6) is 0 Å². The molecule has 2 rings (SSSR count). The summed E-state index contributed by atoms with van der Waals surface area (Å²) >= 11 is 7.95. The van der Waals surface area contributed by atoms with Crippen molar-refractivity contribution in [2.75, 3.05) is 0 Å². The van der Waals surface area contributed by atoms with Crippen LogP contribution in [0.3, 0.4) is 0 Å². The van der Waals surface area contributed by atoms with Crippen LogP contribution in [0.4, 0.5) is 0 Å². The molecule has 1 aromatic heterocycles. The van der Waals surface area contributed by atoms with Crippen LogP contribution < -0.4 is 5.73 Å². The number of hydrogen-bond acceptors (Lipinski definition) is 3. The predicted molar refractivity (Wildman–Crippen MR) is 78.6 cm³/mol. The van der Waals surface area contributed by atoms with Gasteiger partial charge >= 0.3 is 0 Å². The summed E-state index contributed by atoms with van der Waals surface area (Å²) in [5, 5.41) is 0.836. The first-order valence-corrected chi connectivity index (χ1v) is 7.28. The highest BCUT2D eigenvalue weighted by Crippen LogP contribution is 2.23. The Kier molecular flexibility index (Phi) is 5.05. The first-order valence-electron chi connectivity index (χ1n) is 5.74. The molecule has 0 spiro atoms. The summed E-state index contributed by atoms with van der Waals surface area (Å²) in [5.41, 5.74) is 8.94. The molecule has 94 valence electrons. The number of nitrogens with two attached hydrogens (primary N) is 1. The van der Waals surface area contributed by atoms with Gasteiger partial charge in [0.15, 0.2) is 0 Å². The SMILES string of the molecule is NCc1cc(CSCc2ccccc2Cl)ccn1. The van der Waals surface area contributed by atoms with Gasteiger partial charge in [-0.3, -0.25) is 4.98 Å². The molecular formula is C14H15ClN2S. The Balaban J connectivity index is 1.90. The minimum atomic E-state index is 0.489. The number of thioether (sulfide) groups is 1. The summed E-state index contributed by atoms with van der Waals surface area (Å²) in [6.45, 7) is 0.489. The molecule has 0 bridgehead atoms. The van der Waals surface area contributed by atoms with Gasteiger partial charge in [-0.05, 0) is 29.3 Å². The molecule has 0 saturated carbocycles. The number of aromatic nitrogens is 1. The summed E-state index contributed by atoms with van der Waals surface area (Å²) in [4.78, 5) is 4.18. The number of nitrogens with zero attached hydrogens (tertiary/aromatic N) is 1. The summed E-state index contributed by atoms with van der Waals surface area (Å²) in [5.74, 6) is 1.86. The van der Waals surface area contributed by atoms with E-state index in [4.69, 9.17) is 17.3 Å². The van der Waals surface area contributed by atoms with Crippen molar-refractivity contribution in [3.8, 4) is 0 Å². The van der Waals surface area contributed by atoms with E-state index in [2.05, 4.69) is 17.1 Å². The molecule has 1 heterocycles. The molecule has 4 heteroatoms. The molecule has 0 radical (unpaired) electrons. The zero-order valence-electron chi connectivity index (χ0n) is 9.97. The van der Waals surface area contributed by atoms with E-state index in [1.165, 1.54) is 11.1 Å². The van der Waals surface area contributed by atoms with Crippen molar-refractivity contribution < 1.29 is 0 Å². The Labute approximate surface area is 117 Å². The van der Waals surface area contributed by atoms with Crippen molar-refractivity contribution in [1.82, 2.24) is 4.98 Å². The summed E-state index contributed by atoms with van der Waals surface area (Å²) in [6.07, 6.45) is 1.81. The van der Waals surface area contributed by atoms with Gasteiger partial charge < -0.3 is 5.73 Å². The maximum absolute atomic E-state index is 6.11. The van der Waals surface area contributed by atoms with E-state index in [1.807, 2.05) is 42.2 Å². The molecule has 18 heavy (non-hydrogen) atoms. The van der Waals surface area contributed by atoms with Gasteiger partial charge in [-0.15, -0.1) is 0 Å². The fourth-order valence-electron chi connectivity index (χ4n) is 1.62. The van der Waals surface area contributed by atoms with Gasteiger partial charge in [-0.1, -0.05) is 29.8 Å². The van der Waals surface area contributed by atoms with E-state index in [0.29, 0.717) is 6.54 Å². The van der Waals surface area contributed by atoms with E-state index in [9.17, 15) is 0 Å². The molecule has 2 N–H and O–H groups in total. The fraction of sp³-hybridized carbons (Fsp3) is 0.214. The maximum Gasteiger partial charge on any atom is 0.0542 e. The van der Waals surface area contributed by atoms with E-state index < -0.39 is 0 Å². The largest absolute Gasteiger partial charge is 0.325 e. The molecular weight excluding hydrogens is 264 g/mol. The smallest absolute Gasteiger partial charge is 0.0542 e. The second-order valence-corrected chi connectivity index (χ2v) is 5.34. The second kappa shape index (κ2) is 6.78. The van der Waals surface area contributed by atoms with Crippen LogP contribution in [-0.2, 0) is 18.1 Å². The van der Waals surface area contributed by atoms with Gasteiger partial charge in [0.05, 0.1) is 5.69 Å². The average molecular weight is 279 g/mol. The third kappa shape index (κ3) is 3.73. The lowest BCUT2D eigenvalue weighted by molar-refractivity contribution is 0.983. The molecule has 2 aromatic rings. The van der Waals surface area contributed by atoms with Crippen LogP contribution in [0, 0.1) is 0 Å². The summed E-state index contributed by atoms with van der Waals surface area (Å²) in [7, 11) is 0. The Hall–Kier alpha value is -1.03. The van der Waals surface area contributed by atoms with Crippen LogP contribution in [0.25, 0.3) is 0 Å². The number of hydrogen-bond donors (Lipinski definition) is 1. The van der Waals surface area contributed by atoms with Crippen LogP contribution in [0.1, 0.15) is 16.8 Å². The normalized spacial score (nSPS) is 10.6. The fourth-order valence-corrected chi connectivity index (χ4v) is 2.89. The molecule has 0 unspecified atom stereocenters.